The van der Waals surface area contributed by atoms with Crippen LogP contribution in [0.5, 0.6) is 0 Å². The summed E-state index contributed by atoms with van der Waals surface area (Å²) in [6, 6.07) is 2.28. The van der Waals surface area contributed by atoms with Gasteiger partial charge in [-0.1, -0.05) is 0 Å². The molecule has 1 rings (SSSR count). The zero-order chi connectivity index (χ0) is 10.6. The molecule has 4 heteroatoms. The molecule has 2 N–H and O–H groups in total. The number of rotatable bonds is 5. The first kappa shape index (κ1) is 12.0. The van der Waals surface area contributed by atoms with E-state index in [2.05, 4.69) is 30.4 Å². The van der Waals surface area contributed by atoms with E-state index >= 15 is 0 Å². The first-order valence-corrected chi connectivity index (χ1v) is 6.59. The molecule has 0 aromatic carbocycles. The lowest BCUT2D eigenvalue weighted by Crippen LogP contribution is -2.09. The molecular weight excluding hydrogens is 212 g/mol. The van der Waals surface area contributed by atoms with Crippen molar-refractivity contribution >= 4 is 23.1 Å². The number of thioether (sulfide) groups is 1. The lowest BCUT2D eigenvalue weighted by Gasteiger charge is -2.06. The van der Waals surface area contributed by atoms with Crippen LogP contribution in [0, 0.1) is 0 Å². The monoisotopic (exact) mass is 230 g/mol. The molecule has 0 aliphatic heterocycles. The quantitative estimate of drug-likeness (QED) is 0.787. The predicted molar refractivity (Wildman–Crippen MR) is 66.7 cm³/mol. The van der Waals surface area contributed by atoms with Crippen LogP contribution in [-0.4, -0.2) is 24.4 Å². The van der Waals surface area contributed by atoms with Gasteiger partial charge in [0.1, 0.15) is 0 Å². The fourth-order valence-electron chi connectivity index (χ4n) is 1.12. The molecule has 0 aliphatic carbocycles. The molecule has 14 heavy (non-hydrogen) atoms. The van der Waals surface area contributed by atoms with E-state index in [1.54, 1.807) is 11.8 Å². The van der Waals surface area contributed by atoms with Crippen LogP contribution >= 0.6 is 23.1 Å². The van der Waals surface area contributed by atoms with Crippen LogP contribution in [0.4, 0.5) is 0 Å². The Labute approximate surface area is 94.5 Å². The van der Waals surface area contributed by atoms with Crippen molar-refractivity contribution in [3.8, 4) is 0 Å². The summed E-state index contributed by atoms with van der Waals surface area (Å²) in [5.74, 6) is 1.03. The van der Waals surface area contributed by atoms with Crippen molar-refractivity contribution < 1.29 is 0 Å². The van der Waals surface area contributed by atoms with Gasteiger partial charge in [0, 0.05) is 22.5 Å². The van der Waals surface area contributed by atoms with E-state index < -0.39 is 0 Å². The Kier molecular flexibility index (Phi) is 4.95. The average Bonchev–Trinajstić information content (AvgIpc) is 2.47. The van der Waals surface area contributed by atoms with Crippen molar-refractivity contribution in [1.29, 1.82) is 0 Å². The van der Waals surface area contributed by atoms with Crippen molar-refractivity contribution in [2.75, 3.05) is 14.1 Å². The maximum absolute atomic E-state index is 5.69. The molecule has 0 saturated carbocycles. The Hall–Kier alpha value is -0.0300. The molecule has 0 fully saturated rings. The van der Waals surface area contributed by atoms with Crippen LogP contribution in [0.1, 0.15) is 17.4 Å². The van der Waals surface area contributed by atoms with Gasteiger partial charge >= 0.3 is 0 Å². The minimum absolute atomic E-state index is 0.229. The molecule has 2 nitrogen and oxygen atoms in total. The Balaban J connectivity index is 2.42. The van der Waals surface area contributed by atoms with Gasteiger partial charge in [0.05, 0.1) is 0 Å². The van der Waals surface area contributed by atoms with Crippen molar-refractivity contribution in [3.63, 3.8) is 0 Å². The van der Waals surface area contributed by atoms with E-state index in [4.69, 9.17) is 5.73 Å². The number of nitrogens with zero attached hydrogens (tertiary/aromatic N) is 1. The van der Waals surface area contributed by atoms with Crippen molar-refractivity contribution in [2.45, 2.75) is 24.6 Å². The predicted octanol–water partition coefficient (Wildman–Crippen LogP) is 2.35. The van der Waals surface area contributed by atoms with Gasteiger partial charge in [-0.2, -0.15) is 0 Å². The second kappa shape index (κ2) is 5.75. The molecule has 0 radical (unpaired) electrons. The van der Waals surface area contributed by atoms with Crippen molar-refractivity contribution in [2.24, 2.45) is 5.73 Å². The molecule has 0 saturated heterocycles. The van der Waals surface area contributed by atoms with Gasteiger partial charge in [-0.15, -0.1) is 23.1 Å². The fraction of sp³-hybridized carbons (Fsp3) is 0.600. The maximum atomic E-state index is 5.69. The Morgan fingerprint density at radius 3 is 2.86 bits per heavy atom. The third-order valence-electron chi connectivity index (χ3n) is 1.69. The smallest absolute Gasteiger partial charge is 0.0481 e. The molecule has 1 unspecified atom stereocenters. The van der Waals surface area contributed by atoms with Crippen LogP contribution < -0.4 is 5.73 Å². The first-order chi connectivity index (χ1) is 6.58. The third-order valence-corrected chi connectivity index (χ3v) is 3.69. The highest BCUT2D eigenvalue weighted by Gasteiger charge is 2.02. The second-order valence-electron chi connectivity index (χ2n) is 3.68. The highest BCUT2D eigenvalue weighted by atomic mass is 32.2. The summed E-state index contributed by atoms with van der Waals surface area (Å²) in [6.45, 7) is 3.06. The molecule has 80 valence electrons. The molecule has 0 spiro atoms. The standard InChI is InChI=1S/C10H18N2S2/c1-8(11)13-6-9-4-10(14-7-9)5-12(2)3/h4,7-8H,5-6,11H2,1-3H3. The van der Waals surface area contributed by atoms with Gasteiger partial charge in [-0.25, -0.2) is 0 Å². The number of hydrogen-bond donors (Lipinski definition) is 1. The van der Waals surface area contributed by atoms with Gasteiger partial charge in [0.25, 0.3) is 0 Å². The molecule has 1 aromatic rings. The summed E-state index contributed by atoms with van der Waals surface area (Å²) < 4.78 is 0. The van der Waals surface area contributed by atoms with Gasteiger partial charge in [-0.3, -0.25) is 0 Å². The summed E-state index contributed by atoms with van der Waals surface area (Å²) in [5, 5.41) is 2.46. The van der Waals surface area contributed by atoms with Gasteiger partial charge in [0.15, 0.2) is 0 Å². The second-order valence-corrected chi connectivity index (χ2v) is 6.04. The molecule has 0 amide bonds. The molecule has 0 bridgehead atoms. The minimum atomic E-state index is 0.229. The molecular formula is C10H18N2S2. The molecule has 1 atom stereocenters. The lowest BCUT2D eigenvalue weighted by molar-refractivity contribution is 0.406. The Bertz CT molecular complexity index is 269. The highest BCUT2D eigenvalue weighted by Crippen LogP contribution is 2.21. The molecule has 1 aromatic heterocycles. The summed E-state index contributed by atoms with van der Waals surface area (Å²) in [5.41, 5.74) is 7.08. The first-order valence-electron chi connectivity index (χ1n) is 4.66. The van der Waals surface area contributed by atoms with Crippen LogP contribution in [0.15, 0.2) is 11.4 Å². The third kappa shape index (κ3) is 4.46. The van der Waals surface area contributed by atoms with E-state index in [9.17, 15) is 0 Å². The Morgan fingerprint density at radius 1 is 1.57 bits per heavy atom. The van der Waals surface area contributed by atoms with Crippen LogP contribution in [0.3, 0.4) is 0 Å². The average molecular weight is 230 g/mol. The van der Waals surface area contributed by atoms with Gasteiger partial charge < -0.3 is 10.6 Å². The van der Waals surface area contributed by atoms with E-state index in [0.29, 0.717) is 0 Å². The maximum Gasteiger partial charge on any atom is 0.0481 e. The van der Waals surface area contributed by atoms with E-state index in [0.717, 1.165) is 12.3 Å². The van der Waals surface area contributed by atoms with Crippen molar-refractivity contribution in [1.82, 2.24) is 4.90 Å². The highest BCUT2D eigenvalue weighted by molar-refractivity contribution is 7.99. The zero-order valence-corrected chi connectivity index (χ0v) is 10.6. The van der Waals surface area contributed by atoms with Crippen LogP contribution in [-0.2, 0) is 12.3 Å². The van der Waals surface area contributed by atoms with E-state index in [1.807, 2.05) is 18.3 Å². The van der Waals surface area contributed by atoms with Gasteiger partial charge in [0.2, 0.25) is 0 Å². The molecule has 0 aliphatic rings. The number of thiophene rings is 1. The van der Waals surface area contributed by atoms with E-state index in [-0.39, 0.29) is 5.37 Å². The zero-order valence-electron chi connectivity index (χ0n) is 8.99. The SMILES string of the molecule is CC(N)SCc1csc(CN(C)C)c1. The number of nitrogens with two attached hydrogens (primary N) is 1. The molecule has 1 heterocycles. The van der Waals surface area contributed by atoms with Crippen molar-refractivity contribution in [3.05, 3.63) is 21.9 Å². The van der Waals surface area contributed by atoms with E-state index in [1.165, 1.54) is 10.4 Å². The summed E-state index contributed by atoms with van der Waals surface area (Å²) >= 11 is 3.62. The summed E-state index contributed by atoms with van der Waals surface area (Å²) in [6.07, 6.45) is 0. The topological polar surface area (TPSA) is 29.3 Å². The Morgan fingerprint density at radius 2 is 2.29 bits per heavy atom. The summed E-state index contributed by atoms with van der Waals surface area (Å²) in [7, 11) is 4.19. The van der Waals surface area contributed by atoms with Gasteiger partial charge in [-0.05, 0) is 38.0 Å². The number of hydrogen-bond acceptors (Lipinski definition) is 4. The lowest BCUT2D eigenvalue weighted by atomic mass is 10.3. The largest absolute Gasteiger partial charge is 0.320 e. The normalized spacial score (nSPS) is 13.5. The van der Waals surface area contributed by atoms with Crippen LogP contribution in [0.2, 0.25) is 0 Å². The fourth-order valence-corrected chi connectivity index (χ4v) is 2.86. The van der Waals surface area contributed by atoms with Crippen LogP contribution in [0.25, 0.3) is 0 Å². The summed E-state index contributed by atoms with van der Waals surface area (Å²) in [4.78, 5) is 3.61. The minimum Gasteiger partial charge on any atom is -0.320 e.